The van der Waals surface area contributed by atoms with Gasteiger partial charge in [-0.15, -0.1) is 0 Å². The molecule has 1 rings (SSSR count). The summed E-state index contributed by atoms with van der Waals surface area (Å²) < 4.78 is 60.6. The molecular formula is C8H6ClF3O3S. The van der Waals surface area contributed by atoms with Gasteiger partial charge in [-0.25, -0.2) is 0 Å². The molecule has 0 bridgehead atoms. The van der Waals surface area contributed by atoms with Gasteiger partial charge in [0.15, 0.2) is 0 Å². The smallest absolute Gasteiger partial charge is 0.258 e. The van der Waals surface area contributed by atoms with E-state index in [1.807, 2.05) is 0 Å². The van der Waals surface area contributed by atoms with Crippen LogP contribution in [0.2, 0.25) is 5.02 Å². The molecule has 0 amide bonds. The summed E-state index contributed by atoms with van der Waals surface area (Å²) in [7, 11) is -5.57. The van der Waals surface area contributed by atoms with Gasteiger partial charge in [0.25, 0.3) is 0 Å². The van der Waals surface area contributed by atoms with E-state index in [-0.39, 0.29) is 10.6 Å². The Morgan fingerprint density at radius 1 is 1.25 bits per heavy atom. The van der Waals surface area contributed by atoms with E-state index in [2.05, 4.69) is 4.18 Å². The van der Waals surface area contributed by atoms with Crippen LogP contribution in [0.5, 0.6) is 0 Å². The molecule has 0 aliphatic carbocycles. The average Bonchev–Trinajstić information content (AvgIpc) is 2.15. The maximum Gasteiger partial charge on any atom is 0.523 e. The van der Waals surface area contributed by atoms with Crippen LogP contribution in [0.15, 0.2) is 24.3 Å². The Hall–Kier alpha value is -0.790. The van der Waals surface area contributed by atoms with Gasteiger partial charge in [-0.1, -0.05) is 29.8 Å². The molecule has 0 fully saturated rings. The Balaban J connectivity index is 2.77. The van der Waals surface area contributed by atoms with E-state index in [0.29, 0.717) is 0 Å². The minimum atomic E-state index is -5.57. The Kier molecular flexibility index (Phi) is 3.82. The summed E-state index contributed by atoms with van der Waals surface area (Å²) in [5.74, 6) is 0. The Morgan fingerprint density at radius 3 is 2.31 bits per heavy atom. The molecule has 1 aromatic carbocycles. The monoisotopic (exact) mass is 274 g/mol. The van der Waals surface area contributed by atoms with Crippen molar-refractivity contribution in [3.63, 3.8) is 0 Å². The van der Waals surface area contributed by atoms with Crippen molar-refractivity contribution in [2.45, 2.75) is 12.1 Å². The second-order valence-electron chi connectivity index (χ2n) is 2.75. The molecule has 0 N–H and O–H groups in total. The highest BCUT2D eigenvalue weighted by Gasteiger charge is 2.47. The van der Waals surface area contributed by atoms with Crippen LogP contribution in [0, 0.1) is 0 Å². The summed E-state index contributed by atoms with van der Waals surface area (Å²) >= 11 is 5.61. The van der Waals surface area contributed by atoms with Crippen molar-refractivity contribution in [1.29, 1.82) is 0 Å². The lowest BCUT2D eigenvalue weighted by atomic mass is 10.2. The Morgan fingerprint density at radius 2 is 1.81 bits per heavy atom. The number of benzene rings is 1. The summed E-state index contributed by atoms with van der Waals surface area (Å²) in [6.07, 6.45) is 0. The molecule has 0 aliphatic rings. The first-order chi connectivity index (χ1) is 7.24. The van der Waals surface area contributed by atoms with Crippen LogP contribution >= 0.6 is 11.6 Å². The zero-order valence-electron chi connectivity index (χ0n) is 7.66. The van der Waals surface area contributed by atoms with Gasteiger partial charge >= 0.3 is 15.6 Å². The van der Waals surface area contributed by atoms with E-state index < -0.39 is 22.2 Å². The average molecular weight is 275 g/mol. The number of rotatable bonds is 3. The maximum atomic E-state index is 11.9. The maximum absolute atomic E-state index is 11.9. The van der Waals surface area contributed by atoms with E-state index in [9.17, 15) is 21.6 Å². The normalized spacial score (nSPS) is 12.8. The minimum Gasteiger partial charge on any atom is -0.258 e. The summed E-state index contributed by atoms with van der Waals surface area (Å²) in [6, 6.07) is 5.85. The van der Waals surface area contributed by atoms with Crippen molar-refractivity contribution in [2.75, 3.05) is 0 Å². The minimum absolute atomic E-state index is 0.139. The van der Waals surface area contributed by atoms with Crippen molar-refractivity contribution >= 4 is 21.7 Å². The predicted octanol–water partition coefficient (Wildman–Crippen LogP) is 2.71. The lowest BCUT2D eigenvalue weighted by Gasteiger charge is -2.08. The van der Waals surface area contributed by atoms with Crippen LogP contribution in [0.4, 0.5) is 13.2 Å². The lowest BCUT2D eigenvalue weighted by Crippen LogP contribution is -2.25. The molecule has 16 heavy (non-hydrogen) atoms. The van der Waals surface area contributed by atoms with Crippen molar-refractivity contribution < 1.29 is 25.8 Å². The number of hydrogen-bond donors (Lipinski definition) is 0. The van der Waals surface area contributed by atoms with Gasteiger partial charge in [-0.2, -0.15) is 21.6 Å². The molecule has 0 aromatic heterocycles. The predicted molar refractivity (Wildman–Crippen MR) is 51.2 cm³/mol. The number of halogens is 4. The molecular weight excluding hydrogens is 269 g/mol. The molecule has 8 heteroatoms. The largest absolute Gasteiger partial charge is 0.523 e. The van der Waals surface area contributed by atoms with Crippen LogP contribution in [0.3, 0.4) is 0 Å². The number of alkyl halides is 3. The van der Waals surface area contributed by atoms with Gasteiger partial charge in [0, 0.05) is 5.02 Å². The highest BCUT2D eigenvalue weighted by atomic mass is 35.5. The van der Waals surface area contributed by atoms with Gasteiger partial charge in [-0.05, 0) is 11.6 Å². The fourth-order valence-corrected chi connectivity index (χ4v) is 1.43. The molecule has 0 saturated carbocycles. The van der Waals surface area contributed by atoms with Crippen molar-refractivity contribution in [3.8, 4) is 0 Å². The summed E-state index contributed by atoms with van der Waals surface area (Å²) in [4.78, 5) is 0. The topological polar surface area (TPSA) is 43.4 Å². The van der Waals surface area contributed by atoms with Crippen molar-refractivity contribution in [3.05, 3.63) is 34.9 Å². The van der Waals surface area contributed by atoms with Crippen LogP contribution in [-0.4, -0.2) is 13.9 Å². The number of hydrogen-bond acceptors (Lipinski definition) is 3. The third kappa shape index (κ3) is 3.10. The van der Waals surface area contributed by atoms with E-state index in [1.54, 1.807) is 6.07 Å². The van der Waals surface area contributed by atoms with E-state index in [1.165, 1.54) is 18.2 Å². The van der Waals surface area contributed by atoms with Crippen molar-refractivity contribution in [1.82, 2.24) is 0 Å². The summed E-state index contributed by atoms with van der Waals surface area (Å²) in [5.41, 5.74) is -5.26. The molecule has 0 saturated heterocycles. The second-order valence-corrected chi connectivity index (χ2v) is 4.77. The molecule has 1 aromatic rings. The summed E-state index contributed by atoms with van der Waals surface area (Å²) in [5, 5.41) is 0.139. The third-order valence-electron chi connectivity index (χ3n) is 1.61. The fourth-order valence-electron chi connectivity index (χ4n) is 0.823. The Labute approximate surface area is 94.9 Å². The first kappa shape index (κ1) is 13.3. The first-order valence-corrected chi connectivity index (χ1v) is 5.72. The lowest BCUT2D eigenvalue weighted by molar-refractivity contribution is -0.0547. The molecule has 0 radical (unpaired) electrons. The molecule has 0 unspecified atom stereocenters. The van der Waals surface area contributed by atoms with Crippen molar-refractivity contribution in [2.24, 2.45) is 0 Å². The molecule has 3 nitrogen and oxygen atoms in total. The van der Waals surface area contributed by atoms with E-state index in [0.717, 1.165) is 0 Å². The van der Waals surface area contributed by atoms with Crippen LogP contribution in [-0.2, 0) is 20.9 Å². The Bertz CT molecular complexity index is 470. The van der Waals surface area contributed by atoms with Gasteiger partial charge in [-0.3, -0.25) is 4.18 Å². The SMILES string of the molecule is O=S(=O)(OCc1ccccc1Cl)C(F)(F)F. The molecule has 0 atom stereocenters. The molecule has 90 valence electrons. The van der Waals surface area contributed by atoms with E-state index in [4.69, 9.17) is 11.6 Å². The van der Waals surface area contributed by atoms with Crippen LogP contribution in [0.25, 0.3) is 0 Å². The van der Waals surface area contributed by atoms with Gasteiger partial charge < -0.3 is 0 Å². The highest BCUT2D eigenvalue weighted by Crippen LogP contribution is 2.26. The zero-order valence-corrected chi connectivity index (χ0v) is 9.23. The van der Waals surface area contributed by atoms with Gasteiger partial charge in [0.05, 0.1) is 6.61 Å². The zero-order chi connectivity index (χ0) is 12.4. The molecule has 0 heterocycles. The van der Waals surface area contributed by atoms with Crippen LogP contribution < -0.4 is 0 Å². The van der Waals surface area contributed by atoms with Crippen LogP contribution in [0.1, 0.15) is 5.56 Å². The second kappa shape index (κ2) is 4.60. The standard InChI is InChI=1S/C8H6ClF3O3S/c9-7-4-2-1-3-6(7)5-15-16(13,14)8(10,11)12/h1-4H,5H2. The van der Waals surface area contributed by atoms with E-state index >= 15 is 0 Å². The molecule has 0 spiro atoms. The quantitative estimate of drug-likeness (QED) is 0.629. The highest BCUT2D eigenvalue weighted by molar-refractivity contribution is 7.87. The fraction of sp³-hybridized carbons (Fsp3) is 0.250. The molecule has 0 aliphatic heterocycles. The van der Waals surface area contributed by atoms with Gasteiger partial charge in [0.1, 0.15) is 0 Å². The third-order valence-corrected chi connectivity index (χ3v) is 2.97. The van der Waals surface area contributed by atoms with Gasteiger partial charge in [0.2, 0.25) is 0 Å². The first-order valence-electron chi connectivity index (χ1n) is 3.93. The summed E-state index contributed by atoms with van der Waals surface area (Å²) in [6.45, 7) is -0.748.